The quantitative estimate of drug-likeness (QED) is 0.590. The molecule has 0 radical (unpaired) electrons. The molecule has 4 aromatic rings. The Balaban J connectivity index is 1.44. The maximum Gasteiger partial charge on any atom is 0.262 e. The molecular weight excluding hydrogens is 340 g/mol. The first-order chi connectivity index (χ1) is 13.2. The van der Waals surface area contributed by atoms with Gasteiger partial charge in [-0.2, -0.15) is 4.80 Å². The van der Waals surface area contributed by atoms with Gasteiger partial charge in [0.15, 0.2) is 6.61 Å². The van der Waals surface area contributed by atoms with Crippen LogP contribution in [0.3, 0.4) is 0 Å². The fourth-order valence-electron chi connectivity index (χ4n) is 2.65. The van der Waals surface area contributed by atoms with Gasteiger partial charge in [-0.15, -0.1) is 10.2 Å². The second-order valence-electron chi connectivity index (χ2n) is 6.18. The molecule has 0 saturated carbocycles. The Bertz CT molecular complexity index is 1070. The molecule has 4 rings (SSSR count). The first kappa shape index (κ1) is 16.8. The van der Waals surface area contributed by atoms with Gasteiger partial charge in [-0.3, -0.25) is 4.79 Å². The lowest BCUT2D eigenvalue weighted by Crippen LogP contribution is -2.20. The van der Waals surface area contributed by atoms with Crippen molar-refractivity contribution < 1.29 is 9.53 Å². The number of aromatic nitrogens is 3. The van der Waals surface area contributed by atoms with Gasteiger partial charge >= 0.3 is 0 Å². The molecule has 6 heteroatoms. The highest BCUT2D eigenvalue weighted by Gasteiger charge is 2.08. The van der Waals surface area contributed by atoms with Crippen molar-refractivity contribution in [3.05, 3.63) is 78.4 Å². The third-order valence-electron chi connectivity index (χ3n) is 4.04. The van der Waals surface area contributed by atoms with Crippen LogP contribution in [-0.2, 0) is 4.79 Å². The monoisotopic (exact) mass is 358 g/mol. The number of nitrogens with one attached hydrogen (secondary N) is 1. The Morgan fingerprint density at radius 1 is 0.963 bits per heavy atom. The molecule has 1 amide bonds. The summed E-state index contributed by atoms with van der Waals surface area (Å²) in [5, 5.41) is 11.8. The Morgan fingerprint density at radius 3 is 2.48 bits per heavy atom. The summed E-state index contributed by atoms with van der Waals surface area (Å²) in [4.78, 5) is 13.7. The van der Waals surface area contributed by atoms with Crippen molar-refractivity contribution in [1.82, 2.24) is 15.0 Å². The van der Waals surface area contributed by atoms with Crippen molar-refractivity contribution >= 4 is 22.6 Å². The van der Waals surface area contributed by atoms with E-state index < -0.39 is 0 Å². The minimum absolute atomic E-state index is 0.0577. The molecule has 134 valence electrons. The molecule has 3 aromatic carbocycles. The summed E-state index contributed by atoms with van der Waals surface area (Å²) in [5.74, 6) is 0.433. The van der Waals surface area contributed by atoms with Gasteiger partial charge in [0.25, 0.3) is 5.91 Å². The summed E-state index contributed by atoms with van der Waals surface area (Å²) in [7, 11) is 0. The molecule has 0 bridgehead atoms. The van der Waals surface area contributed by atoms with E-state index in [4.69, 9.17) is 4.74 Å². The van der Waals surface area contributed by atoms with Gasteiger partial charge in [0, 0.05) is 5.69 Å². The van der Waals surface area contributed by atoms with E-state index in [0.29, 0.717) is 17.0 Å². The van der Waals surface area contributed by atoms with E-state index in [0.717, 1.165) is 16.8 Å². The second kappa shape index (κ2) is 7.29. The van der Waals surface area contributed by atoms with Crippen LogP contribution in [0.1, 0.15) is 5.56 Å². The van der Waals surface area contributed by atoms with Crippen molar-refractivity contribution in [2.45, 2.75) is 6.92 Å². The number of carbonyl (C=O) groups excluding carboxylic acids is 1. The van der Waals surface area contributed by atoms with Crippen LogP contribution in [0.2, 0.25) is 0 Å². The summed E-state index contributed by atoms with van der Waals surface area (Å²) < 4.78 is 5.50. The Labute approximate surface area is 156 Å². The maximum absolute atomic E-state index is 12.1. The van der Waals surface area contributed by atoms with E-state index in [1.165, 1.54) is 0 Å². The van der Waals surface area contributed by atoms with Crippen molar-refractivity contribution in [3.63, 3.8) is 0 Å². The molecular formula is C21H18N4O2. The van der Waals surface area contributed by atoms with Crippen molar-refractivity contribution in [2.75, 3.05) is 11.9 Å². The lowest BCUT2D eigenvalue weighted by atomic mass is 10.2. The number of rotatable bonds is 5. The Hall–Kier alpha value is -3.67. The van der Waals surface area contributed by atoms with Gasteiger partial charge in [0.1, 0.15) is 16.8 Å². The zero-order chi connectivity index (χ0) is 18.6. The molecule has 0 aliphatic heterocycles. The number of hydrogen-bond donors (Lipinski definition) is 1. The number of nitrogens with zero attached hydrogens (tertiary/aromatic N) is 3. The standard InChI is InChI=1S/C21H18N4O2/c1-15-7-10-18(11-8-15)27-14-21(26)22-16-9-12-19-20(13-16)24-25(23-19)17-5-3-2-4-6-17/h2-13H,14H2,1H3,(H,22,26). The minimum atomic E-state index is -0.231. The zero-order valence-corrected chi connectivity index (χ0v) is 14.8. The lowest BCUT2D eigenvalue weighted by Gasteiger charge is -2.07. The van der Waals surface area contributed by atoms with E-state index in [2.05, 4.69) is 15.5 Å². The average Bonchev–Trinajstić information content (AvgIpc) is 3.12. The summed E-state index contributed by atoms with van der Waals surface area (Å²) >= 11 is 0. The van der Waals surface area contributed by atoms with E-state index in [1.807, 2.05) is 67.6 Å². The highest BCUT2D eigenvalue weighted by Crippen LogP contribution is 2.18. The van der Waals surface area contributed by atoms with Crippen LogP contribution in [0, 0.1) is 6.92 Å². The van der Waals surface area contributed by atoms with Crippen LogP contribution in [0.4, 0.5) is 5.69 Å². The second-order valence-corrected chi connectivity index (χ2v) is 6.18. The molecule has 0 spiro atoms. The van der Waals surface area contributed by atoms with Crippen molar-refractivity contribution in [3.8, 4) is 11.4 Å². The molecule has 6 nitrogen and oxygen atoms in total. The molecule has 1 N–H and O–H groups in total. The Morgan fingerprint density at radius 2 is 1.70 bits per heavy atom. The fourth-order valence-corrected chi connectivity index (χ4v) is 2.65. The summed E-state index contributed by atoms with van der Waals surface area (Å²) in [5.41, 5.74) is 4.14. The third kappa shape index (κ3) is 3.95. The number of fused-ring (bicyclic) bond motifs is 1. The maximum atomic E-state index is 12.1. The van der Waals surface area contributed by atoms with E-state index in [9.17, 15) is 4.79 Å². The van der Waals surface area contributed by atoms with Crippen LogP contribution in [0.25, 0.3) is 16.7 Å². The van der Waals surface area contributed by atoms with Gasteiger partial charge in [-0.05, 0) is 49.4 Å². The molecule has 0 aliphatic carbocycles. The summed E-state index contributed by atoms with van der Waals surface area (Å²) in [6.45, 7) is 1.94. The first-order valence-corrected chi connectivity index (χ1v) is 8.59. The molecule has 0 unspecified atom stereocenters. The van der Waals surface area contributed by atoms with E-state index in [-0.39, 0.29) is 12.5 Å². The number of anilines is 1. The third-order valence-corrected chi connectivity index (χ3v) is 4.04. The number of carbonyl (C=O) groups is 1. The predicted molar refractivity (Wildman–Crippen MR) is 104 cm³/mol. The van der Waals surface area contributed by atoms with Crippen LogP contribution < -0.4 is 10.1 Å². The van der Waals surface area contributed by atoms with Crippen LogP contribution in [0.15, 0.2) is 72.8 Å². The van der Waals surface area contributed by atoms with E-state index in [1.54, 1.807) is 16.9 Å². The van der Waals surface area contributed by atoms with E-state index >= 15 is 0 Å². The fraction of sp³-hybridized carbons (Fsp3) is 0.0952. The van der Waals surface area contributed by atoms with Crippen LogP contribution in [-0.4, -0.2) is 27.5 Å². The molecule has 0 atom stereocenters. The molecule has 0 fully saturated rings. The summed E-state index contributed by atoms with van der Waals surface area (Å²) in [6, 6.07) is 22.7. The van der Waals surface area contributed by atoms with Gasteiger partial charge in [-0.25, -0.2) is 0 Å². The normalized spacial score (nSPS) is 10.7. The molecule has 0 saturated heterocycles. The SMILES string of the molecule is Cc1ccc(OCC(=O)Nc2ccc3nn(-c4ccccc4)nc3c2)cc1. The molecule has 27 heavy (non-hydrogen) atoms. The molecule has 1 aromatic heterocycles. The van der Waals surface area contributed by atoms with Crippen LogP contribution in [0.5, 0.6) is 5.75 Å². The van der Waals surface area contributed by atoms with Gasteiger partial charge in [0.2, 0.25) is 0 Å². The number of hydrogen-bond acceptors (Lipinski definition) is 4. The lowest BCUT2D eigenvalue weighted by molar-refractivity contribution is -0.118. The number of para-hydroxylation sites is 1. The number of benzene rings is 3. The smallest absolute Gasteiger partial charge is 0.262 e. The number of aryl methyl sites for hydroxylation is 1. The van der Waals surface area contributed by atoms with Gasteiger partial charge in [-0.1, -0.05) is 35.9 Å². The average molecular weight is 358 g/mol. The van der Waals surface area contributed by atoms with Crippen molar-refractivity contribution in [2.24, 2.45) is 0 Å². The van der Waals surface area contributed by atoms with Crippen LogP contribution >= 0.6 is 0 Å². The highest BCUT2D eigenvalue weighted by molar-refractivity contribution is 5.93. The zero-order valence-electron chi connectivity index (χ0n) is 14.8. The Kier molecular flexibility index (Phi) is 4.53. The molecule has 1 heterocycles. The van der Waals surface area contributed by atoms with Gasteiger partial charge < -0.3 is 10.1 Å². The highest BCUT2D eigenvalue weighted by atomic mass is 16.5. The minimum Gasteiger partial charge on any atom is -0.484 e. The molecule has 0 aliphatic rings. The van der Waals surface area contributed by atoms with Crippen molar-refractivity contribution in [1.29, 1.82) is 0 Å². The van der Waals surface area contributed by atoms with Gasteiger partial charge in [0.05, 0.1) is 5.69 Å². The number of amides is 1. The summed E-state index contributed by atoms with van der Waals surface area (Å²) in [6.07, 6.45) is 0. The number of ether oxygens (including phenoxy) is 1. The largest absolute Gasteiger partial charge is 0.484 e. The first-order valence-electron chi connectivity index (χ1n) is 8.59. The predicted octanol–water partition coefficient (Wildman–Crippen LogP) is 3.75. The topological polar surface area (TPSA) is 69.0 Å².